The number of aliphatic hydroxyl groups is 1. The fourth-order valence-electron chi connectivity index (χ4n) is 4.39. The Kier molecular flexibility index (Phi) is 19.9. The lowest BCUT2D eigenvalue weighted by Crippen LogP contribution is -2.55. The molecule has 180 valence electrons. The van der Waals surface area contributed by atoms with Crippen LogP contribution in [0.5, 0.6) is 0 Å². The Labute approximate surface area is 188 Å². The third-order valence-corrected chi connectivity index (χ3v) is 6.91. The highest BCUT2D eigenvalue weighted by molar-refractivity contribution is 5.75. The molecule has 0 aromatic heterocycles. The van der Waals surface area contributed by atoms with Crippen molar-refractivity contribution in [2.45, 2.75) is 137 Å². The number of nitrogens with one attached hydrogen (secondary N) is 1. The van der Waals surface area contributed by atoms with Gasteiger partial charge >= 0.3 is 0 Å². The molecule has 0 bridgehead atoms. The van der Waals surface area contributed by atoms with E-state index in [1.165, 1.54) is 83.5 Å². The molecule has 0 heterocycles. The molecule has 1 atom stereocenters. The molecule has 1 unspecified atom stereocenters. The van der Waals surface area contributed by atoms with E-state index in [0.717, 1.165) is 37.0 Å². The van der Waals surface area contributed by atoms with Gasteiger partial charge in [0.05, 0.1) is 19.6 Å². The molecule has 0 radical (unpaired) electrons. The second-order valence-corrected chi connectivity index (χ2v) is 9.26. The van der Waals surface area contributed by atoms with Gasteiger partial charge in [-0.05, 0) is 27.2 Å². The van der Waals surface area contributed by atoms with E-state index < -0.39 is 6.23 Å². The van der Waals surface area contributed by atoms with Crippen LogP contribution in [0.1, 0.15) is 130 Å². The van der Waals surface area contributed by atoms with Gasteiger partial charge in [-0.3, -0.25) is 4.79 Å². The summed E-state index contributed by atoms with van der Waals surface area (Å²) in [5.74, 6) is -0.00129. The van der Waals surface area contributed by atoms with E-state index in [-0.39, 0.29) is 5.91 Å². The van der Waals surface area contributed by atoms with Gasteiger partial charge in [0.25, 0.3) is 0 Å². The predicted octanol–water partition coefficient (Wildman–Crippen LogP) is 6.56. The van der Waals surface area contributed by atoms with Gasteiger partial charge < -0.3 is 14.9 Å². The average molecular weight is 428 g/mol. The Balaban J connectivity index is 3.49. The second-order valence-electron chi connectivity index (χ2n) is 9.26. The Morgan fingerprint density at radius 1 is 0.667 bits per heavy atom. The third-order valence-electron chi connectivity index (χ3n) is 6.91. The van der Waals surface area contributed by atoms with Crippen LogP contribution < -0.4 is 5.32 Å². The Hall–Kier alpha value is -0.610. The fraction of sp³-hybridized carbons (Fsp3) is 0.962. The summed E-state index contributed by atoms with van der Waals surface area (Å²) in [6.45, 7) is 12.3. The van der Waals surface area contributed by atoms with Crippen LogP contribution in [0.25, 0.3) is 0 Å². The number of amides is 1. The van der Waals surface area contributed by atoms with Crippen molar-refractivity contribution < 1.29 is 14.4 Å². The highest BCUT2D eigenvalue weighted by atomic mass is 16.3. The van der Waals surface area contributed by atoms with Crippen molar-refractivity contribution in [3.63, 3.8) is 0 Å². The molecule has 0 saturated heterocycles. The number of hydrogen-bond donors (Lipinski definition) is 2. The molecule has 0 aliphatic rings. The summed E-state index contributed by atoms with van der Waals surface area (Å²) in [4.78, 5) is 12.1. The molecule has 2 N–H and O–H groups in total. The number of hydrogen-bond acceptors (Lipinski definition) is 2. The molecule has 4 heteroatoms. The molecule has 0 aliphatic carbocycles. The van der Waals surface area contributed by atoms with Gasteiger partial charge in [-0.25, -0.2) is 0 Å². The SMILES string of the molecule is CCCCCCCCCCCCCCCCCC(=O)NC(O)C[N+](CC)(CC)CC. The van der Waals surface area contributed by atoms with Crippen LogP contribution >= 0.6 is 0 Å². The van der Waals surface area contributed by atoms with Gasteiger partial charge in [-0.1, -0.05) is 96.8 Å². The first-order valence-electron chi connectivity index (χ1n) is 13.4. The zero-order valence-electron chi connectivity index (χ0n) is 21.0. The standard InChI is InChI=1S/C26H54N2O2/c1-5-9-10-11-12-13-14-15-16-17-18-19-20-21-22-23-25(29)27-26(30)24-28(6-2,7-3)8-4/h26,30H,5-24H2,1-4H3/p+1. The lowest BCUT2D eigenvalue weighted by molar-refractivity contribution is -0.926. The van der Waals surface area contributed by atoms with Crippen molar-refractivity contribution in [1.82, 2.24) is 5.32 Å². The lowest BCUT2D eigenvalue weighted by atomic mass is 10.0. The zero-order chi connectivity index (χ0) is 22.5. The van der Waals surface area contributed by atoms with Gasteiger partial charge in [-0.15, -0.1) is 0 Å². The number of quaternary nitrogens is 1. The molecule has 0 aromatic rings. The molecule has 0 aliphatic heterocycles. The van der Waals surface area contributed by atoms with E-state index in [4.69, 9.17) is 0 Å². The van der Waals surface area contributed by atoms with Crippen LogP contribution in [0.15, 0.2) is 0 Å². The number of unbranched alkanes of at least 4 members (excludes halogenated alkanes) is 14. The maximum absolute atomic E-state index is 12.1. The van der Waals surface area contributed by atoms with Crippen LogP contribution in [-0.4, -0.2) is 47.9 Å². The van der Waals surface area contributed by atoms with Crippen molar-refractivity contribution in [3.05, 3.63) is 0 Å². The molecular formula is C26H55N2O2+. The van der Waals surface area contributed by atoms with Gasteiger partial charge in [0.15, 0.2) is 6.23 Å². The van der Waals surface area contributed by atoms with Crippen molar-refractivity contribution in [2.75, 3.05) is 26.2 Å². The maximum Gasteiger partial charge on any atom is 0.222 e. The third kappa shape index (κ3) is 16.1. The van der Waals surface area contributed by atoms with Gasteiger partial charge in [0, 0.05) is 6.42 Å². The van der Waals surface area contributed by atoms with E-state index in [2.05, 4.69) is 33.0 Å². The number of nitrogens with zero attached hydrogens (tertiary/aromatic N) is 1. The van der Waals surface area contributed by atoms with Gasteiger partial charge in [-0.2, -0.15) is 0 Å². The predicted molar refractivity (Wildman–Crippen MR) is 130 cm³/mol. The second kappa shape index (κ2) is 20.3. The van der Waals surface area contributed by atoms with Crippen molar-refractivity contribution in [1.29, 1.82) is 0 Å². The highest BCUT2D eigenvalue weighted by Gasteiger charge is 2.25. The highest BCUT2D eigenvalue weighted by Crippen LogP contribution is 2.14. The van der Waals surface area contributed by atoms with E-state index in [1.807, 2.05) is 0 Å². The topological polar surface area (TPSA) is 49.3 Å². The van der Waals surface area contributed by atoms with E-state index in [0.29, 0.717) is 13.0 Å². The maximum atomic E-state index is 12.1. The lowest BCUT2D eigenvalue weighted by Gasteiger charge is -2.37. The molecule has 4 nitrogen and oxygen atoms in total. The summed E-state index contributed by atoms with van der Waals surface area (Å²) in [6, 6.07) is 0. The normalized spacial score (nSPS) is 12.8. The van der Waals surface area contributed by atoms with Crippen LogP contribution in [0.2, 0.25) is 0 Å². The summed E-state index contributed by atoms with van der Waals surface area (Å²) in [6.07, 6.45) is 19.8. The minimum Gasteiger partial charge on any atom is -0.368 e. The smallest absolute Gasteiger partial charge is 0.222 e. The van der Waals surface area contributed by atoms with Crippen molar-refractivity contribution >= 4 is 5.91 Å². The van der Waals surface area contributed by atoms with E-state index in [1.54, 1.807) is 0 Å². The first-order chi connectivity index (χ1) is 14.5. The minimum absolute atomic E-state index is 0.00129. The summed E-state index contributed by atoms with van der Waals surface area (Å²) in [5, 5.41) is 13.0. The monoisotopic (exact) mass is 427 g/mol. The Morgan fingerprint density at radius 3 is 1.40 bits per heavy atom. The average Bonchev–Trinajstić information content (AvgIpc) is 2.74. The molecule has 0 fully saturated rings. The molecule has 1 amide bonds. The Morgan fingerprint density at radius 2 is 1.03 bits per heavy atom. The number of aliphatic hydroxyl groups excluding tert-OH is 1. The first-order valence-corrected chi connectivity index (χ1v) is 13.4. The Bertz CT molecular complexity index is 375. The zero-order valence-corrected chi connectivity index (χ0v) is 21.0. The van der Waals surface area contributed by atoms with Gasteiger partial charge in [0.2, 0.25) is 5.91 Å². The van der Waals surface area contributed by atoms with E-state index >= 15 is 0 Å². The van der Waals surface area contributed by atoms with Crippen LogP contribution in [-0.2, 0) is 4.79 Å². The number of rotatable bonds is 22. The van der Waals surface area contributed by atoms with Crippen LogP contribution in [0.3, 0.4) is 0 Å². The van der Waals surface area contributed by atoms with Crippen molar-refractivity contribution in [2.24, 2.45) is 0 Å². The molecular weight excluding hydrogens is 372 g/mol. The number of carbonyl (C=O) groups excluding carboxylic acids is 1. The van der Waals surface area contributed by atoms with Crippen LogP contribution in [0, 0.1) is 0 Å². The number of likely N-dealkylation sites (N-methyl/N-ethyl adjacent to an activating group) is 1. The summed E-state index contributed by atoms with van der Waals surface area (Å²) in [7, 11) is 0. The van der Waals surface area contributed by atoms with E-state index in [9.17, 15) is 9.90 Å². The molecule has 0 spiro atoms. The summed E-state index contributed by atoms with van der Waals surface area (Å²) < 4.78 is 0.848. The summed E-state index contributed by atoms with van der Waals surface area (Å²) in [5.41, 5.74) is 0. The molecule has 30 heavy (non-hydrogen) atoms. The molecule has 0 rings (SSSR count). The molecule has 0 saturated carbocycles. The fourth-order valence-corrected chi connectivity index (χ4v) is 4.39. The van der Waals surface area contributed by atoms with Crippen molar-refractivity contribution in [3.8, 4) is 0 Å². The van der Waals surface area contributed by atoms with Gasteiger partial charge in [0.1, 0.15) is 6.54 Å². The summed E-state index contributed by atoms with van der Waals surface area (Å²) >= 11 is 0. The quantitative estimate of drug-likeness (QED) is 0.117. The molecule has 0 aromatic carbocycles. The first kappa shape index (κ1) is 29.4. The van der Waals surface area contributed by atoms with Crippen LogP contribution in [0.4, 0.5) is 0 Å². The number of carbonyl (C=O) groups is 1. The largest absolute Gasteiger partial charge is 0.368 e. The minimum atomic E-state index is -0.728.